The highest BCUT2D eigenvalue weighted by atomic mass is 127. The molecular weight excluding hydrogens is 652 g/mol. The Labute approximate surface area is 198 Å². The van der Waals surface area contributed by atoms with Gasteiger partial charge in [0.05, 0.1) is 7.14 Å². The molecule has 0 spiro atoms. The predicted molar refractivity (Wildman–Crippen MR) is 127 cm³/mol. The molecule has 0 atom stereocenters. The minimum Gasteiger partial charge on any atom is -0.424 e. The Kier molecular flexibility index (Phi) is 7.26. The number of ether oxygens (including phenoxy) is 2. The number of rotatable bonds is 5. The molecule has 0 amide bonds. The summed E-state index contributed by atoms with van der Waals surface area (Å²) in [5, 5.41) is 0. The summed E-state index contributed by atoms with van der Waals surface area (Å²) in [5.74, 6) is 0.0479. The molecule has 0 radical (unpaired) electrons. The molecule has 1 aliphatic rings. The topological polar surface area (TPSA) is 65.0 Å². The smallest absolute Gasteiger partial charge is 0.363 e. The Morgan fingerprint density at radius 2 is 1.96 bits per heavy atom. The van der Waals surface area contributed by atoms with E-state index in [2.05, 4.69) is 66.1 Å². The maximum absolute atomic E-state index is 12.2. The van der Waals surface area contributed by atoms with E-state index in [4.69, 9.17) is 9.47 Å². The van der Waals surface area contributed by atoms with Crippen LogP contribution < -0.4 is 4.74 Å². The van der Waals surface area contributed by atoms with E-state index >= 15 is 0 Å². The Balaban J connectivity index is 1.88. The van der Waals surface area contributed by atoms with Gasteiger partial charge in [-0.3, -0.25) is 4.79 Å². The van der Waals surface area contributed by atoms with Crippen LogP contribution in [0.2, 0.25) is 0 Å². The summed E-state index contributed by atoms with van der Waals surface area (Å²) in [5.41, 5.74) is 1.71. The standard InChI is InChI=1S/C20H14BrI2NO4/c1-2-4-17(25)27-18-14(22)7-11(8-15(18)23)9-16-20(26)28-19(24-16)12-5-3-6-13(21)10-12/h3,5-10H,2,4H2,1H3/b16-9-. The van der Waals surface area contributed by atoms with Crippen LogP contribution in [0, 0.1) is 7.14 Å². The number of carbonyl (C=O) groups is 2. The Bertz CT molecular complexity index is 994. The molecule has 0 saturated carbocycles. The molecule has 0 aromatic heterocycles. The SMILES string of the molecule is CCCC(=O)Oc1c(I)cc(/C=C2\N=C(c3cccc(Br)c3)OC2=O)cc1I. The van der Waals surface area contributed by atoms with Crippen LogP contribution in [0.25, 0.3) is 6.08 Å². The van der Waals surface area contributed by atoms with Crippen molar-refractivity contribution in [3.63, 3.8) is 0 Å². The molecule has 144 valence electrons. The molecule has 2 aromatic carbocycles. The Morgan fingerprint density at radius 1 is 1.25 bits per heavy atom. The first-order valence-corrected chi connectivity index (χ1v) is 11.3. The Hall–Kier alpha value is -1.27. The Morgan fingerprint density at radius 3 is 2.61 bits per heavy atom. The normalized spacial score (nSPS) is 14.8. The molecule has 0 bridgehead atoms. The molecule has 1 heterocycles. The summed E-state index contributed by atoms with van der Waals surface area (Å²) in [6, 6.07) is 11.1. The van der Waals surface area contributed by atoms with Gasteiger partial charge in [-0.1, -0.05) is 28.9 Å². The maximum atomic E-state index is 12.2. The van der Waals surface area contributed by atoms with Gasteiger partial charge in [-0.25, -0.2) is 9.79 Å². The van der Waals surface area contributed by atoms with Crippen molar-refractivity contribution in [2.45, 2.75) is 19.8 Å². The molecule has 0 fully saturated rings. The third-order valence-corrected chi connectivity index (χ3v) is 5.78. The van der Waals surface area contributed by atoms with Gasteiger partial charge in [0.25, 0.3) is 0 Å². The van der Waals surface area contributed by atoms with E-state index in [1.54, 1.807) is 6.08 Å². The van der Waals surface area contributed by atoms with Gasteiger partial charge in [0.2, 0.25) is 5.90 Å². The molecule has 0 saturated heterocycles. The van der Waals surface area contributed by atoms with Gasteiger partial charge in [0, 0.05) is 16.5 Å². The summed E-state index contributed by atoms with van der Waals surface area (Å²) in [7, 11) is 0. The van der Waals surface area contributed by atoms with Crippen LogP contribution in [0.3, 0.4) is 0 Å². The lowest BCUT2D eigenvalue weighted by molar-refractivity contribution is -0.134. The lowest BCUT2D eigenvalue weighted by Crippen LogP contribution is -2.09. The molecule has 0 unspecified atom stereocenters. The highest BCUT2D eigenvalue weighted by Gasteiger charge is 2.24. The molecule has 8 heteroatoms. The van der Waals surface area contributed by atoms with Crippen molar-refractivity contribution in [3.8, 4) is 5.75 Å². The van der Waals surface area contributed by atoms with Crippen molar-refractivity contribution in [1.82, 2.24) is 0 Å². The van der Waals surface area contributed by atoms with Crippen LogP contribution >= 0.6 is 61.1 Å². The van der Waals surface area contributed by atoms with Gasteiger partial charge in [0.1, 0.15) is 0 Å². The zero-order chi connectivity index (χ0) is 20.3. The number of carbonyl (C=O) groups excluding carboxylic acids is 2. The van der Waals surface area contributed by atoms with Gasteiger partial charge in [-0.2, -0.15) is 0 Å². The van der Waals surface area contributed by atoms with E-state index in [0.717, 1.165) is 23.6 Å². The largest absolute Gasteiger partial charge is 0.424 e. The second-order valence-electron chi connectivity index (χ2n) is 5.88. The summed E-state index contributed by atoms with van der Waals surface area (Å²) in [4.78, 5) is 28.3. The summed E-state index contributed by atoms with van der Waals surface area (Å²) in [6.07, 6.45) is 2.77. The zero-order valence-electron chi connectivity index (χ0n) is 14.7. The minimum atomic E-state index is -0.501. The number of esters is 2. The molecule has 28 heavy (non-hydrogen) atoms. The first kappa shape index (κ1) is 21.4. The average Bonchev–Trinajstić information content (AvgIpc) is 2.99. The predicted octanol–water partition coefficient (Wildman–Crippen LogP) is 5.71. The highest BCUT2D eigenvalue weighted by molar-refractivity contribution is 14.1. The monoisotopic (exact) mass is 665 g/mol. The second-order valence-corrected chi connectivity index (χ2v) is 9.12. The lowest BCUT2D eigenvalue weighted by atomic mass is 10.2. The van der Waals surface area contributed by atoms with Gasteiger partial charge >= 0.3 is 11.9 Å². The van der Waals surface area contributed by atoms with Crippen LogP contribution in [0.5, 0.6) is 5.75 Å². The molecule has 0 aliphatic carbocycles. The van der Waals surface area contributed by atoms with E-state index in [1.807, 2.05) is 43.3 Å². The molecule has 1 aliphatic heterocycles. The molecule has 3 rings (SSSR count). The molecule has 2 aromatic rings. The summed E-state index contributed by atoms with van der Waals surface area (Å²) < 4.78 is 13.2. The third-order valence-electron chi connectivity index (χ3n) is 3.69. The summed E-state index contributed by atoms with van der Waals surface area (Å²) in [6.45, 7) is 1.93. The van der Waals surface area contributed by atoms with Crippen LogP contribution in [0.4, 0.5) is 0 Å². The van der Waals surface area contributed by atoms with E-state index in [0.29, 0.717) is 17.7 Å². The first-order valence-electron chi connectivity index (χ1n) is 8.35. The van der Waals surface area contributed by atoms with Crippen molar-refractivity contribution in [2.75, 3.05) is 0 Å². The van der Waals surface area contributed by atoms with E-state index < -0.39 is 5.97 Å². The van der Waals surface area contributed by atoms with Crippen molar-refractivity contribution < 1.29 is 19.1 Å². The zero-order valence-corrected chi connectivity index (χ0v) is 20.6. The highest BCUT2D eigenvalue weighted by Crippen LogP contribution is 2.31. The van der Waals surface area contributed by atoms with Gasteiger partial charge in [0.15, 0.2) is 11.4 Å². The van der Waals surface area contributed by atoms with Crippen molar-refractivity contribution >= 4 is 85.0 Å². The minimum absolute atomic E-state index is 0.220. The number of nitrogens with zero attached hydrogens (tertiary/aromatic N) is 1. The maximum Gasteiger partial charge on any atom is 0.363 e. The molecular formula is C20H14BrI2NO4. The molecule has 0 N–H and O–H groups in total. The number of hydrogen-bond acceptors (Lipinski definition) is 5. The summed E-state index contributed by atoms with van der Waals surface area (Å²) >= 11 is 7.62. The fourth-order valence-corrected chi connectivity index (χ4v) is 4.88. The molecule has 5 nitrogen and oxygen atoms in total. The third kappa shape index (κ3) is 5.20. The fourth-order valence-electron chi connectivity index (χ4n) is 2.44. The van der Waals surface area contributed by atoms with Crippen LogP contribution in [-0.4, -0.2) is 17.8 Å². The lowest BCUT2D eigenvalue weighted by Gasteiger charge is -2.09. The van der Waals surface area contributed by atoms with Gasteiger partial charge < -0.3 is 9.47 Å². The number of aliphatic imine (C=N–C) groups is 1. The van der Waals surface area contributed by atoms with Crippen molar-refractivity contribution in [2.24, 2.45) is 4.99 Å². The number of cyclic esters (lactones) is 1. The van der Waals surface area contributed by atoms with Crippen molar-refractivity contribution in [3.05, 3.63) is 64.8 Å². The van der Waals surface area contributed by atoms with Crippen LogP contribution in [0.15, 0.2) is 51.6 Å². The van der Waals surface area contributed by atoms with Gasteiger partial charge in [-0.05, 0) is 93.6 Å². The van der Waals surface area contributed by atoms with Gasteiger partial charge in [-0.15, -0.1) is 0 Å². The van der Waals surface area contributed by atoms with Crippen LogP contribution in [-0.2, 0) is 14.3 Å². The van der Waals surface area contributed by atoms with Crippen LogP contribution in [0.1, 0.15) is 30.9 Å². The van der Waals surface area contributed by atoms with E-state index in [1.165, 1.54) is 0 Å². The number of hydrogen-bond donors (Lipinski definition) is 0. The van der Waals surface area contributed by atoms with Crippen molar-refractivity contribution in [1.29, 1.82) is 0 Å². The van der Waals surface area contributed by atoms with E-state index in [-0.39, 0.29) is 17.6 Å². The first-order chi connectivity index (χ1) is 13.4. The average molecular weight is 666 g/mol. The number of halogens is 3. The van der Waals surface area contributed by atoms with E-state index in [9.17, 15) is 9.59 Å². The fraction of sp³-hybridized carbons (Fsp3) is 0.150. The quantitative estimate of drug-likeness (QED) is 0.178. The second kappa shape index (κ2) is 9.49. The number of benzene rings is 2.